The van der Waals surface area contributed by atoms with Crippen molar-refractivity contribution >= 4 is 15.9 Å². The van der Waals surface area contributed by atoms with Crippen molar-refractivity contribution in [3.05, 3.63) is 34.0 Å². The zero-order valence-corrected chi connectivity index (χ0v) is 6.98. The highest BCUT2D eigenvalue weighted by Crippen LogP contribution is 2.33. The summed E-state index contributed by atoms with van der Waals surface area (Å²) in [6.07, 6.45) is -5.05. The lowest BCUT2D eigenvalue weighted by atomic mass is 10.2. The summed E-state index contributed by atoms with van der Waals surface area (Å²) in [5, 5.41) is 0. The zero-order valence-electron chi connectivity index (χ0n) is 8.39. The summed E-state index contributed by atoms with van der Waals surface area (Å²) < 4.78 is 70.2. The summed E-state index contributed by atoms with van der Waals surface area (Å²) in [4.78, 5) is 0. The molecule has 0 aromatic heterocycles. The van der Waals surface area contributed by atoms with E-state index in [1.807, 2.05) is 0 Å². The largest absolute Gasteiger partial charge is 0.419 e. The Morgan fingerprint density at radius 2 is 1.92 bits per heavy atom. The van der Waals surface area contributed by atoms with Gasteiger partial charge < -0.3 is 0 Å². The molecule has 0 heterocycles. The van der Waals surface area contributed by atoms with E-state index in [1.54, 1.807) is 0 Å². The molecule has 1 aromatic rings. The molecule has 66 valence electrons. The molecule has 0 fully saturated rings. The van der Waals surface area contributed by atoms with Crippen molar-refractivity contribution in [3.63, 3.8) is 0 Å². The Kier molecular flexibility index (Phi) is 1.51. The maximum atomic E-state index is 13.1. The van der Waals surface area contributed by atoms with Gasteiger partial charge in [-0.15, -0.1) is 0 Å². The fraction of sp³-hybridized carbons (Fsp3) is 0.143. The number of halogens is 5. The van der Waals surface area contributed by atoms with Crippen molar-refractivity contribution < 1.29 is 21.7 Å². The van der Waals surface area contributed by atoms with Crippen molar-refractivity contribution in [1.82, 2.24) is 0 Å². The predicted molar refractivity (Wildman–Crippen MR) is 39.1 cm³/mol. The van der Waals surface area contributed by atoms with Crippen molar-refractivity contribution in [1.29, 1.82) is 0 Å². The Balaban J connectivity index is 3.68. The minimum atomic E-state index is -5.05. The first kappa shape index (κ1) is 5.96. The summed E-state index contributed by atoms with van der Waals surface area (Å²) >= 11 is 2.44. The Bertz CT molecular complexity index is 387. The maximum absolute atomic E-state index is 13.1. The van der Waals surface area contributed by atoms with Gasteiger partial charge in [0.25, 0.3) is 0 Å². The van der Waals surface area contributed by atoms with Crippen molar-refractivity contribution in [2.75, 3.05) is 0 Å². The highest BCUT2D eigenvalue weighted by molar-refractivity contribution is 9.10. The normalized spacial score (nSPS) is 15.2. The van der Waals surface area contributed by atoms with Gasteiger partial charge in [0.1, 0.15) is 5.82 Å². The molecule has 0 nitrogen and oxygen atoms in total. The van der Waals surface area contributed by atoms with Gasteiger partial charge in [-0.05, 0) is 28.0 Å². The van der Waals surface area contributed by atoms with Crippen LogP contribution in [0.4, 0.5) is 17.6 Å². The van der Waals surface area contributed by atoms with Gasteiger partial charge in [0.2, 0.25) is 0 Å². The fourth-order valence-electron chi connectivity index (χ4n) is 0.563. The first-order valence-corrected chi connectivity index (χ1v) is 3.49. The third-order valence-corrected chi connectivity index (χ3v) is 1.60. The van der Waals surface area contributed by atoms with Crippen molar-refractivity contribution in [2.24, 2.45) is 0 Å². The van der Waals surface area contributed by atoms with Crippen LogP contribution in [0.15, 0.2) is 22.6 Å². The molecule has 0 atom stereocenters. The maximum Gasteiger partial charge on any atom is 0.419 e. The monoisotopic (exact) mass is 245 g/mol. The van der Waals surface area contributed by atoms with Crippen LogP contribution < -0.4 is 0 Å². The van der Waals surface area contributed by atoms with E-state index < -0.39 is 40.2 Å². The Hall–Kier alpha value is -0.580. The Labute approximate surface area is 78.5 Å². The number of benzene rings is 1. The first-order chi connectivity index (χ1) is 6.68. The van der Waals surface area contributed by atoms with E-state index >= 15 is 0 Å². The van der Waals surface area contributed by atoms with E-state index in [0.717, 1.165) is 0 Å². The minimum Gasteiger partial charge on any atom is -0.205 e. The summed E-state index contributed by atoms with van der Waals surface area (Å²) in [7, 11) is 0. The van der Waals surface area contributed by atoms with E-state index in [-0.39, 0.29) is 0 Å². The number of hydrogen-bond donors (Lipinski definition) is 0. The average molecular weight is 246 g/mol. The van der Waals surface area contributed by atoms with Crippen LogP contribution in [0.2, 0.25) is 0 Å². The van der Waals surface area contributed by atoms with Crippen molar-refractivity contribution in [2.45, 2.75) is 6.18 Å². The van der Waals surface area contributed by atoms with E-state index in [1.165, 1.54) is 0 Å². The van der Waals surface area contributed by atoms with Crippen LogP contribution in [-0.2, 0) is 6.18 Å². The van der Waals surface area contributed by atoms with Gasteiger partial charge in [-0.25, -0.2) is 4.39 Å². The molecule has 5 heteroatoms. The van der Waals surface area contributed by atoms with Crippen LogP contribution in [0.5, 0.6) is 0 Å². The van der Waals surface area contributed by atoms with Crippen LogP contribution in [0.25, 0.3) is 0 Å². The van der Waals surface area contributed by atoms with Crippen molar-refractivity contribution in [3.8, 4) is 0 Å². The first-order valence-electron chi connectivity index (χ1n) is 4.19. The summed E-state index contributed by atoms with van der Waals surface area (Å²) in [5.74, 6) is -1.73. The predicted octanol–water partition coefficient (Wildman–Crippen LogP) is 3.61. The molecular weight excluding hydrogens is 240 g/mol. The molecule has 0 N–H and O–H groups in total. The molecule has 1 aromatic carbocycles. The van der Waals surface area contributed by atoms with Gasteiger partial charge in [-0.3, -0.25) is 0 Å². The van der Waals surface area contributed by atoms with E-state index in [0.29, 0.717) is 0 Å². The fourth-order valence-corrected chi connectivity index (χ4v) is 0.861. The lowest BCUT2D eigenvalue weighted by molar-refractivity contribution is -0.140. The topological polar surface area (TPSA) is 0 Å². The second kappa shape index (κ2) is 3.05. The lowest BCUT2D eigenvalue weighted by Crippen LogP contribution is -2.07. The van der Waals surface area contributed by atoms with Gasteiger partial charge in [0.05, 0.1) is 14.1 Å². The standard InChI is InChI=1S/C7H3BrF4/c8-5-3-1-2-4(6(5)9)7(10,11)12/h1-3H/i1D,2D,3D. The molecule has 1 rings (SSSR count). The van der Waals surface area contributed by atoms with E-state index in [4.69, 9.17) is 4.11 Å². The van der Waals surface area contributed by atoms with E-state index in [2.05, 4.69) is 15.9 Å². The molecule has 0 aliphatic heterocycles. The quantitative estimate of drug-likeness (QED) is 0.613. The number of hydrogen-bond acceptors (Lipinski definition) is 0. The summed E-state index contributed by atoms with van der Waals surface area (Å²) in [6, 6.07) is -3.06. The molecule has 12 heavy (non-hydrogen) atoms. The van der Waals surface area contributed by atoms with E-state index in [9.17, 15) is 17.6 Å². The van der Waals surface area contributed by atoms with Crippen LogP contribution in [0, 0.1) is 5.82 Å². The molecular formula is C7H3BrF4. The number of rotatable bonds is 0. The third-order valence-electron chi connectivity index (χ3n) is 1.06. The highest BCUT2D eigenvalue weighted by atomic mass is 79.9. The molecule has 0 aliphatic rings. The minimum absolute atomic E-state index is 0.754. The molecule has 0 aliphatic carbocycles. The lowest BCUT2D eigenvalue weighted by Gasteiger charge is -2.07. The van der Waals surface area contributed by atoms with Crippen LogP contribution >= 0.6 is 15.9 Å². The SMILES string of the molecule is [2H]c1c([2H])c(Br)c(F)c(C(F)(F)F)c1[2H]. The molecule has 0 saturated heterocycles. The molecule has 0 amide bonds. The van der Waals surface area contributed by atoms with Crippen LogP contribution in [-0.4, -0.2) is 0 Å². The molecule has 0 bridgehead atoms. The zero-order chi connectivity index (χ0) is 12.0. The second-order valence-corrected chi connectivity index (χ2v) is 2.67. The van der Waals surface area contributed by atoms with Gasteiger partial charge in [-0.2, -0.15) is 13.2 Å². The average Bonchev–Trinajstić information content (AvgIpc) is 2.09. The molecule has 0 spiro atoms. The third kappa shape index (κ3) is 1.77. The van der Waals surface area contributed by atoms with Gasteiger partial charge >= 0.3 is 6.18 Å². The smallest absolute Gasteiger partial charge is 0.205 e. The van der Waals surface area contributed by atoms with Gasteiger partial charge in [0.15, 0.2) is 0 Å². The molecule has 0 unspecified atom stereocenters. The second-order valence-electron chi connectivity index (χ2n) is 1.88. The molecule has 0 saturated carbocycles. The highest BCUT2D eigenvalue weighted by Gasteiger charge is 2.34. The van der Waals surface area contributed by atoms with Gasteiger partial charge in [0, 0.05) is 0 Å². The van der Waals surface area contributed by atoms with Crippen LogP contribution in [0.1, 0.15) is 9.68 Å². The van der Waals surface area contributed by atoms with Crippen LogP contribution in [0.3, 0.4) is 0 Å². The Morgan fingerprint density at radius 3 is 2.42 bits per heavy atom. The number of alkyl halides is 3. The van der Waals surface area contributed by atoms with Gasteiger partial charge in [-0.1, -0.05) is 6.04 Å². The summed E-state index contributed by atoms with van der Waals surface area (Å²) in [5.41, 5.74) is -1.82. The molecule has 0 radical (unpaired) electrons. The summed E-state index contributed by atoms with van der Waals surface area (Å²) in [6.45, 7) is 0. The Morgan fingerprint density at radius 1 is 1.33 bits per heavy atom.